The van der Waals surface area contributed by atoms with Crippen molar-refractivity contribution >= 4 is 11.8 Å². The molecule has 2 aliphatic heterocycles. The fraction of sp³-hybridized carbons (Fsp3) is 1.00. The molecule has 0 aromatic carbocycles. The van der Waals surface area contributed by atoms with Gasteiger partial charge in [-0.25, -0.2) is 0 Å². The number of nitrogens with one attached hydrogen (secondary N) is 1. The lowest BCUT2D eigenvalue weighted by Crippen LogP contribution is -2.41. The van der Waals surface area contributed by atoms with E-state index in [9.17, 15) is 0 Å². The summed E-state index contributed by atoms with van der Waals surface area (Å²) in [4.78, 5) is 2.60. The standard InChI is InChI=1S/C12H24N2S/c1-2-14-6-3-4-11(9-14)8-13-12-5-7-15-10-12/h11-13H,2-10H2,1H3. The first-order valence-corrected chi connectivity index (χ1v) is 7.57. The molecule has 0 aliphatic carbocycles. The van der Waals surface area contributed by atoms with Gasteiger partial charge in [0.05, 0.1) is 0 Å². The molecule has 2 heterocycles. The quantitative estimate of drug-likeness (QED) is 0.790. The molecule has 0 spiro atoms. The van der Waals surface area contributed by atoms with Crippen molar-refractivity contribution in [1.82, 2.24) is 10.2 Å². The van der Waals surface area contributed by atoms with Gasteiger partial charge in [-0.15, -0.1) is 0 Å². The summed E-state index contributed by atoms with van der Waals surface area (Å²) in [5.41, 5.74) is 0. The van der Waals surface area contributed by atoms with E-state index in [1.165, 1.54) is 56.9 Å². The number of piperidine rings is 1. The molecule has 2 atom stereocenters. The Kier molecular flexibility index (Phi) is 4.79. The van der Waals surface area contributed by atoms with Gasteiger partial charge in [0.2, 0.25) is 0 Å². The molecule has 0 aromatic rings. The van der Waals surface area contributed by atoms with Crippen LogP contribution in [0.4, 0.5) is 0 Å². The van der Waals surface area contributed by atoms with Gasteiger partial charge in [0.15, 0.2) is 0 Å². The number of hydrogen-bond donors (Lipinski definition) is 1. The first-order chi connectivity index (χ1) is 7.38. The van der Waals surface area contributed by atoms with Gasteiger partial charge < -0.3 is 10.2 Å². The normalized spacial score (nSPS) is 33.4. The molecular formula is C12H24N2S. The Balaban J connectivity index is 1.65. The predicted octanol–water partition coefficient (Wildman–Crippen LogP) is 1.81. The molecule has 88 valence electrons. The van der Waals surface area contributed by atoms with Crippen molar-refractivity contribution in [3.05, 3.63) is 0 Å². The van der Waals surface area contributed by atoms with Crippen LogP contribution < -0.4 is 5.32 Å². The number of thioether (sulfide) groups is 1. The second-order valence-electron chi connectivity index (χ2n) is 4.87. The third-order valence-corrected chi connectivity index (χ3v) is 4.84. The monoisotopic (exact) mass is 228 g/mol. The van der Waals surface area contributed by atoms with Crippen molar-refractivity contribution in [2.24, 2.45) is 5.92 Å². The molecule has 2 rings (SSSR count). The van der Waals surface area contributed by atoms with E-state index in [4.69, 9.17) is 0 Å². The van der Waals surface area contributed by atoms with E-state index >= 15 is 0 Å². The lowest BCUT2D eigenvalue weighted by Gasteiger charge is -2.32. The Hall–Kier alpha value is 0.270. The van der Waals surface area contributed by atoms with Gasteiger partial charge in [0.25, 0.3) is 0 Å². The summed E-state index contributed by atoms with van der Waals surface area (Å²) < 4.78 is 0. The van der Waals surface area contributed by atoms with Gasteiger partial charge in [-0.2, -0.15) is 11.8 Å². The highest BCUT2D eigenvalue weighted by Crippen LogP contribution is 2.19. The molecule has 2 aliphatic rings. The Morgan fingerprint density at radius 2 is 2.33 bits per heavy atom. The number of nitrogens with zero attached hydrogens (tertiary/aromatic N) is 1. The molecule has 2 fully saturated rings. The molecule has 0 amide bonds. The van der Waals surface area contributed by atoms with Crippen LogP contribution in [0.5, 0.6) is 0 Å². The third-order valence-electron chi connectivity index (χ3n) is 3.68. The maximum absolute atomic E-state index is 3.75. The van der Waals surface area contributed by atoms with Crippen molar-refractivity contribution in [3.63, 3.8) is 0 Å². The Morgan fingerprint density at radius 3 is 3.07 bits per heavy atom. The minimum atomic E-state index is 0.812. The Morgan fingerprint density at radius 1 is 1.40 bits per heavy atom. The van der Waals surface area contributed by atoms with Crippen molar-refractivity contribution in [3.8, 4) is 0 Å². The van der Waals surface area contributed by atoms with Gasteiger partial charge in [-0.1, -0.05) is 6.92 Å². The molecule has 2 unspecified atom stereocenters. The molecule has 1 N–H and O–H groups in total. The fourth-order valence-electron chi connectivity index (χ4n) is 2.63. The molecule has 2 saturated heterocycles. The van der Waals surface area contributed by atoms with Crippen molar-refractivity contribution in [2.75, 3.05) is 37.7 Å². The summed E-state index contributed by atoms with van der Waals surface area (Å²) in [6.45, 7) is 7.41. The molecule has 0 aromatic heterocycles. The fourth-order valence-corrected chi connectivity index (χ4v) is 3.82. The van der Waals surface area contributed by atoms with Gasteiger partial charge >= 0.3 is 0 Å². The van der Waals surface area contributed by atoms with Crippen LogP contribution in [-0.2, 0) is 0 Å². The first kappa shape index (κ1) is 11.7. The smallest absolute Gasteiger partial charge is 0.0166 e. The maximum atomic E-state index is 3.75. The predicted molar refractivity (Wildman–Crippen MR) is 68.6 cm³/mol. The maximum Gasteiger partial charge on any atom is 0.0166 e. The lowest BCUT2D eigenvalue weighted by molar-refractivity contribution is 0.178. The van der Waals surface area contributed by atoms with E-state index in [-0.39, 0.29) is 0 Å². The van der Waals surface area contributed by atoms with E-state index in [2.05, 4.69) is 28.9 Å². The van der Waals surface area contributed by atoms with Crippen LogP contribution in [0.3, 0.4) is 0 Å². The second kappa shape index (κ2) is 6.12. The molecule has 15 heavy (non-hydrogen) atoms. The van der Waals surface area contributed by atoms with Crippen LogP contribution in [0.1, 0.15) is 26.2 Å². The average Bonchev–Trinajstić information content (AvgIpc) is 2.79. The summed E-state index contributed by atoms with van der Waals surface area (Å²) in [5, 5.41) is 3.75. The summed E-state index contributed by atoms with van der Waals surface area (Å²) in [6.07, 6.45) is 4.22. The second-order valence-corrected chi connectivity index (χ2v) is 6.02. The number of hydrogen-bond acceptors (Lipinski definition) is 3. The van der Waals surface area contributed by atoms with Gasteiger partial charge in [0, 0.05) is 18.3 Å². The zero-order chi connectivity index (χ0) is 10.5. The van der Waals surface area contributed by atoms with E-state index < -0.39 is 0 Å². The minimum Gasteiger partial charge on any atom is -0.313 e. The van der Waals surface area contributed by atoms with Crippen LogP contribution in [0.2, 0.25) is 0 Å². The van der Waals surface area contributed by atoms with E-state index in [1.54, 1.807) is 0 Å². The van der Waals surface area contributed by atoms with Crippen LogP contribution >= 0.6 is 11.8 Å². The summed E-state index contributed by atoms with van der Waals surface area (Å²) in [7, 11) is 0. The van der Waals surface area contributed by atoms with Crippen LogP contribution in [0.25, 0.3) is 0 Å². The highest BCUT2D eigenvalue weighted by atomic mass is 32.2. The Bertz CT molecular complexity index is 180. The SMILES string of the molecule is CCN1CCCC(CNC2CCSC2)C1. The van der Waals surface area contributed by atoms with E-state index in [0.717, 1.165) is 12.0 Å². The van der Waals surface area contributed by atoms with Crippen molar-refractivity contribution in [2.45, 2.75) is 32.2 Å². The highest BCUT2D eigenvalue weighted by molar-refractivity contribution is 7.99. The van der Waals surface area contributed by atoms with Gasteiger partial charge in [0.1, 0.15) is 0 Å². The minimum absolute atomic E-state index is 0.812. The summed E-state index contributed by atoms with van der Waals surface area (Å²) >= 11 is 2.10. The number of likely N-dealkylation sites (tertiary alicyclic amines) is 1. The van der Waals surface area contributed by atoms with Crippen LogP contribution in [-0.4, -0.2) is 48.6 Å². The Labute approximate surface area is 98.2 Å². The molecule has 0 radical (unpaired) electrons. The van der Waals surface area contributed by atoms with Gasteiger partial charge in [-0.3, -0.25) is 0 Å². The summed E-state index contributed by atoms with van der Waals surface area (Å²) in [5.74, 6) is 3.61. The number of rotatable bonds is 4. The highest BCUT2D eigenvalue weighted by Gasteiger charge is 2.21. The zero-order valence-corrected chi connectivity index (χ0v) is 10.7. The van der Waals surface area contributed by atoms with E-state index in [0.29, 0.717) is 0 Å². The molecule has 0 saturated carbocycles. The van der Waals surface area contributed by atoms with Crippen molar-refractivity contribution in [1.29, 1.82) is 0 Å². The lowest BCUT2D eigenvalue weighted by atomic mass is 9.97. The molecular weight excluding hydrogens is 204 g/mol. The average molecular weight is 228 g/mol. The summed E-state index contributed by atoms with van der Waals surface area (Å²) in [6, 6.07) is 0.812. The van der Waals surface area contributed by atoms with Gasteiger partial charge in [-0.05, 0) is 50.6 Å². The van der Waals surface area contributed by atoms with Crippen LogP contribution in [0, 0.1) is 5.92 Å². The van der Waals surface area contributed by atoms with E-state index in [1.807, 2.05) is 0 Å². The molecule has 3 heteroatoms. The molecule has 2 nitrogen and oxygen atoms in total. The van der Waals surface area contributed by atoms with Crippen LogP contribution in [0.15, 0.2) is 0 Å². The zero-order valence-electron chi connectivity index (χ0n) is 9.87. The third kappa shape index (κ3) is 3.65. The largest absolute Gasteiger partial charge is 0.313 e. The van der Waals surface area contributed by atoms with Crippen molar-refractivity contribution < 1.29 is 0 Å². The molecule has 0 bridgehead atoms. The topological polar surface area (TPSA) is 15.3 Å². The first-order valence-electron chi connectivity index (χ1n) is 6.42.